The number of hydrogen-bond acceptors (Lipinski definition) is 5. The third kappa shape index (κ3) is 8.29. The van der Waals surface area contributed by atoms with Crippen LogP contribution in [-0.2, 0) is 17.8 Å². The van der Waals surface area contributed by atoms with Gasteiger partial charge in [0.15, 0.2) is 11.6 Å². The molecular weight excluding hydrogens is 470 g/mol. The van der Waals surface area contributed by atoms with E-state index in [1.54, 1.807) is 16.8 Å². The molecule has 0 unspecified atom stereocenters. The van der Waals surface area contributed by atoms with Crippen LogP contribution in [0.25, 0.3) is 10.9 Å². The van der Waals surface area contributed by atoms with Crippen LogP contribution in [0.2, 0.25) is 0 Å². The summed E-state index contributed by atoms with van der Waals surface area (Å²) >= 11 is 0. The van der Waals surface area contributed by atoms with Crippen molar-refractivity contribution >= 4 is 28.4 Å². The number of aliphatic hydroxyl groups is 1. The van der Waals surface area contributed by atoms with Gasteiger partial charge in [-0.3, -0.25) is 9.59 Å². The molecule has 3 rings (SSSR count). The number of unbranched alkanes of at least 4 members (excludes halogenated alkanes) is 5. The van der Waals surface area contributed by atoms with Gasteiger partial charge in [0.05, 0.1) is 12.1 Å². The summed E-state index contributed by atoms with van der Waals surface area (Å²) in [6.07, 6.45) is 10.6. The Balaban J connectivity index is 1.59. The summed E-state index contributed by atoms with van der Waals surface area (Å²) in [5.74, 6) is -0.843. The number of nitrogens with zero attached hydrogens (tertiary/aromatic N) is 1. The van der Waals surface area contributed by atoms with Gasteiger partial charge in [0.1, 0.15) is 12.4 Å². The van der Waals surface area contributed by atoms with E-state index in [1.807, 2.05) is 24.3 Å². The van der Waals surface area contributed by atoms with Gasteiger partial charge < -0.3 is 19.5 Å². The van der Waals surface area contributed by atoms with E-state index >= 15 is 0 Å². The highest BCUT2D eigenvalue weighted by Gasteiger charge is 2.18. The highest BCUT2D eigenvalue weighted by atomic mass is 16.5. The van der Waals surface area contributed by atoms with E-state index in [0.29, 0.717) is 28.6 Å². The maximum absolute atomic E-state index is 12.7. The van der Waals surface area contributed by atoms with Crippen LogP contribution in [0.4, 0.5) is 0 Å². The molecule has 0 aliphatic heterocycles. The van der Waals surface area contributed by atoms with Crippen molar-refractivity contribution in [1.29, 1.82) is 0 Å². The van der Waals surface area contributed by atoms with E-state index in [1.165, 1.54) is 56.2 Å². The van der Waals surface area contributed by atoms with Crippen molar-refractivity contribution in [3.63, 3.8) is 0 Å². The molecule has 0 radical (unpaired) electrons. The number of aliphatic hydroxyl groups excluding tert-OH is 1. The summed E-state index contributed by atoms with van der Waals surface area (Å²) in [6.45, 7) is 1.99. The minimum atomic E-state index is -1.09. The van der Waals surface area contributed by atoms with E-state index in [9.17, 15) is 19.5 Å². The van der Waals surface area contributed by atoms with Crippen molar-refractivity contribution in [3.8, 4) is 5.75 Å². The first-order valence-electron chi connectivity index (χ1n) is 13.2. The van der Waals surface area contributed by atoms with Gasteiger partial charge in [-0.15, -0.1) is 0 Å². The van der Waals surface area contributed by atoms with Crippen molar-refractivity contribution < 1.29 is 29.3 Å². The van der Waals surface area contributed by atoms with E-state index in [-0.39, 0.29) is 43.3 Å². The maximum atomic E-state index is 12.7. The van der Waals surface area contributed by atoms with Gasteiger partial charge in [0.25, 0.3) is 0 Å². The number of hydrogen-bond donors (Lipinski definition) is 2. The van der Waals surface area contributed by atoms with E-state index in [2.05, 4.69) is 6.92 Å². The molecule has 0 fully saturated rings. The Hall–Kier alpha value is -3.45. The largest absolute Gasteiger partial charge is 0.486 e. The predicted molar refractivity (Wildman–Crippen MR) is 144 cm³/mol. The average Bonchev–Trinajstić information content (AvgIpc) is 3.26. The van der Waals surface area contributed by atoms with Crippen LogP contribution >= 0.6 is 0 Å². The smallest absolute Gasteiger partial charge is 0.335 e. The number of carbonyl (C=O) groups is 3. The number of ketones is 2. The molecule has 0 saturated heterocycles. The standard InChI is InChI=1S/C30H37NO6/c1-2-3-4-5-6-7-9-22-11-14-25(15-12-22)37-21-24(33)19-31-20-27(29(34)10-8-17-32)26-18-23(30(35)36)13-16-28(26)31/h11-16,18,20,32H,2-10,17,19,21H2,1H3,(H,35,36). The van der Waals surface area contributed by atoms with Gasteiger partial charge in [-0.25, -0.2) is 4.79 Å². The normalized spacial score (nSPS) is 11.1. The van der Waals surface area contributed by atoms with E-state index < -0.39 is 5.97 Å². The number of aryl methyl sites for hydroxylation is 1. The van der Waals surface area contributed by atoms with Crippen molar-refractivity contribution in [3.05, 3.63) is 65.4 Å². The first kappa shape index (κ1) is 28.1. The molecule has 7 heteroatoms. The summed E-state index contributed by atoms with van der Waals surface area (Å²) in [7, 11) is 0. The van der Waals surface area contributed by atoms with Crippen molar-refractivity contribution in [1.82, 2.24) is 4.57 Å². The quantitative estimate of drug-likeness (QED) is 0.175. The van der Waals surface area contributed by atoms with Gasteiger partial charge in [0, 0.05) is 35.7 Å². The van der Waals surface area contributed by atoms with Crippen LogP contribution in [-0.4, -0.2) is 45.5 Å². The first-order valence-corrected chi connectivity index (χ1v) is 13.2. The molecule has 0 bridgehead atoms. The fraction of sp³-hybridized carbons (Fsp3) is 0.433. The van der Waals surface area contributed by atoms with Crippen LogP contribution in [0.15, 0.2) is 48.7 Å². The lowest BCUT2D eigenvalue weighted by atomic mass is 10.0. The summed E-state index contributed by atoms with van der Waals surface area (Å²) in [6, 6.07) is 12.4. The predicted octanol–water partition coefficient (Wildman–Crippen LogP) is 5.85. The maximum Gasteiger partial charge on any atom is 0.335 e. The summed E-state index contributed by atoms with van der Waals surface area (Å²) in [5, 5.41) is 18.9. The Morgan fingerprint density at radius 1 is 0.919 bits per heavy atom. The average molecular weight is 508 g/mol. The van der Waals surface area contributed by atoms with Crippen LogP contribution < -0.4 is 4.74 Å². The Bertz CT molecular complexity index is 1190. The number of carbonyl (C=O) groups excluding carboxylic acids is 2. The molecule has 0 amide bonds. The number of rotatable bonds is 17. The second-order valence-electron chi connectivity index (χ2n) is 9.45. The minimum absolute atomic E-state index is 0.00763. The Labute approximate surface area is 218 Å². The zero-order valence-corrected chi connectivity index (χ0v) is 21.6. The van der Waals surface area contributed by atoms with Crippen molar-refractivity contribution in [2.75, 3.05) is 13.2 Å². The molecule has 2 N–H and O–H groups in total. The van der Waals surface area contributed by atoms with Gasteiger partial charge in [-0.05, 0) is 55.2 Å². The fourth-order valence-corrected chi connectivity index (χ4v) is 4.42. The summed E-state index contributed by atoms with van der Waals surface area (Å²) < 4.78 is 7.35. The second kappa shape index (κ2) is 14.3. The molecule has 0 aliphatic carbocycles. The molecule has 1 aromatic heterocycles. The molecule has 0 saturated carbocycles. The SMILES string of the molecule is CCCCCCCCc1ccc(OCC(=O)Cn2cc(C(=O)CCCO)c3cc(C(=O)O)ccc32)cc1. The third-order valence-corrected chi connectivity index (χ3v) is 6.48. The van der Waals surface area contributed by atoms with Gasteiger partial charge in [-0.1, -0.05) is 51.2 Å². The third-order valence-electron chi connectivity index (χ3n) is 6.48. The zero-order valence-electron chi connectivity index (χ0n) is 21.6. The fourth-order valence-electron chi connectivity index (χ4n) is 4.42. The van der Waals surface area contributed by atoms with Gasteiger partial charge in [-0.2, -0.15) is 0 Å². The Morgan fingerprint density at radius 3 is 2.35 bits per heavy atom. The number of Topliss-reactive ketones (excluding diaryl/α,β-unsaturated/α-hetero) is 2. The molecule has 2 aromatic carbocycles. The number of carboxylic acid groups (broad SMARTS) is 1. The molecule has 0 atom stereocenters. The lowest BCUT2D eigenvalue weighted by molar-refractivity contribution is -0.121. The molecule has 198 valence electrons. The van der Waals surface area contributed by atoms with Crippen LogP contribution in [0, 0.1) is 0 Å². The minimum Gasteiger partial charge on any atom is -0.486 e. The van der Waals surface area contributed by atoms with E-state index in [4.69, 9.17) is 9.84 Å². The molecule has 0 aliphatic rings. The number of ether oxygens (including phenoxy) is 1. The number of benzene rings is 2. The van der Waals surface area contributed by atoms with E-state index in [0.717, 1.165) is 6.42 Å². The first-order chi connectivity index (χ1) is 17.9. The Morgan fingerprint density at radius 2 is 1.65 bits per heavy atom. The topological polar surface area (TPSA) is 106 Å². The van der Waals surface area contributed by atoms with Crippen LogP contribution in [0.5, 0.6) is 5.75 Å². The highest BCUT2D eigenvalue weighted by Crippen LogP contribution is 2.25. The summed E-state index contributed by atoms with van der Waals surface area (Å²) in [4.78, 5) is 36.8. The van der Waals surface area contributed by atoms with Crippen molar-refractivity contribution in [2.45, 2.75) is 71.3 Å². The lowest BCUT2D eigenvalue weighted by Gasteiger charge is -2.08. The van der Waals surface area contributed by atoms with Crippen molar-refractivity contribution in [2.24, 2.45) is 0 Å². The number of aromatic nitrogens is 1. The highest BCUT2D eigenvalue weighted by molar-refractivity contribution is 6.09. The molecule has 7 nitrogen and oxygen atoms in total. The van der Waals surface area contributed by atoms with Crippen LogP contribution in [0.3, 0.4) is 0 Å². The number of aromatic carboxylic acids is 1. The number of carboxylic acids is 1. The second-order valence-corrected chi connectivity index (χ2v) is 9.45. The molecule has 0 spiro atoms. The molecular formula is C30H37NO6. The Kier molecular flexibility index (Phi) is 10.9. The van der Waals surface area contributed by atoms with Gasteiger partial charge in [0.2, 0.25) is 0 Å². The lowest BCUT2D eigenvalue weighted by Crippen LogP contribution is -2.17. The molecule has 1 heterocycles. The van der Waals surface area contributed by atoms with Gasteiger partial charge >= 0.3 is 5.97 Å². The zero-order chi connectivity index (χ0) is 26.6. The summed E-state index contributed by atoms with van der Waals surface area (Å²) in [5.41, 5.74) is 2.27. The van der Waals surface area contributed by atoms with Crippen LogP contribution in [0.1, 0.15) is 84.6 Å². The molecule has 37 heavy (non-hydrogen) atoms. The molecule has 3 aromatic rings. The number of fused-ring (bicyclic) bond motifs is 1. The monoisotopic (exact) mass is 507 g/mol.